The van der Waals surface area contributed by atoms with Crippen LogP contribution in [0.4, 0.5) is 5.69 Å². The lowest BCUT2D eigenvalue weighted by Crippen LogP contribution is -2.46. The zero-order valence-corrected chi connectivity index (χ0v) is 19.1. The van der Waals surface area contributed by atoms with Gasteiger partial charge < -0.3 is 14.4 Å². The molecule has 1 aromatic carbocycles. The molecule has 0 unspecified atom stereocenters. The van der Waals surface area contributed by atoms with Crippen LogP contribution in [0.5, 0.6) is 5.75 Å². The Labute approximate surface area is 193 Å². The van der Waals surface area contributed by atoms with Gasteiger partial charge in [0.1, 0.15) is 11.3 Å². The minimum Gasteiger partial charge on any atom is -0.493 e. The summed E-state index contributed by atoms with van der Waals surface area (Å²) in [5.74, 6) is 0.367. The molecule has 3 aromatic rings. The van der Waals surface area contributed by atoms with E-state index in [0.717, 1.165) is 62.0 Å². The number of benzene rings is 1. The fourth-order valence-electron chi connectivity index (χ4n) is 3.97. The SMILES string of the molecule is CCOC(=O)c1cnn2ccc(OCCCCN3CCN(c4ccccc4Cl)CC3)cc12. The highest BCUT2D eigenvalue weighted by Crippen LogP contribution is 2.26. The quantitative estimate of drug-likeness (QED) is 0.356. The molecule has 1 aliphatic heterocycles. The molecule has 0 bridgehead atoms. The second kappa shape index (κ2) is 10.7. The molecule has 0 N–H and O–H groups in total. The first-order chi connectivity index (χ1) is 15.7. The number of esters is 1. The van der Waals surface area contributed by atoms with Crippen molar-refractivity contribution in [2.45, 2.75) is 19.8 Å². The standard InChI is InChI=1S/C24H29ClN4O3/c1-2-31-24(30)20-18-26-29-11-9-19(17-23(20)29)32-16-6-5-10-27-12-14-28(15-13-27)22-8-4-3-7-21(22)25/h3-4,7-9,11,17-18H,2,5-6,10,12-16H2,1H3. The van der Waals surface area contributed by atoms with Crippen LogP contribution in [0.1, 0.15) is 30.1 Å². The molecule has 0 aliphatic carbocycles. The van der Waals surface area contributed by atoms with E-state index in [1.807, 2.05) is 30.3 Å². The van der Waals surface area contributed by atoms with Crippen molar-refractivity contribution in [1.82, 2.24) is 14.5 Å². The third-order valence-corrected chi connectivity index (χ3v) is 6.01. The lowest BCUT2D eigenvalue weighted by atomic mass is 10.2. The number of fused-ring (bicyclic) bond motifs is 1. The number of para-hydroxylation sites is 1. The van der Waals surface area contributed by atoms with Gasteiger partial charge >= 0.3 is 5.97 Å². The molecule has 0 amide bonds. The summed E-state index contributed by atoms with van der Waals surface area (Å²) in [5.41, 5.74) is 2.27. The molecule has 1 aliphatic rings. The van der Waals surface area contributed by atoms with Crippen LogP contribution in [0, 0.1) is 0 Å². The molecule has 1 fully saturated rings. The van der Waals surface area contributed by atoms with Crippen LogP contribution in [-0.4, -0.2) is 66.4 Å². The van der Waals surface area contributed by atoms with Crippen molar-refractivity contribution >= 4 is 28.8 Å². The summed E-state index contributed by atoms with van der Waals surface area (Å²) in [5, 5.41) is 5.02. The first-order valence-corrected chi connectivity index (χ1v) is 11.5. The predicted octanol–water partition coefficient (Wildman–Crippen LogP) is 4.15. The first-order valence-electron chi connectivity index (χ1n) is 11.1. The smallest absolute Gasteiger partial charge is 0.341 e. The number of carbonyl (C=O) groups is 1. The number of ether oxygens (including phenoxy) is 2. The summed E-state index contributed by atoms with van der Waals surface area (Å²) in [6.07, 6.45) is 5.38. The number of aromatic nitrogens is 2. The molecule has 0 spiro atoms. The molecule has 170 valence electrons. The van der Waals surface area contributed by atoms with Crippen LogP contribution in [0.15, 0.2) is 48.8 Å². The summed E-state index contributed by atoms with van der Waals surface area (Å²) >= 11 is 6.33. The maximum Gasteiger partial charge on any atom is 0.341 e. The monoisotopic (exact) mass is 456 g/mol. The maximum absolute atomic E-state index is 12.1. The van der Waals surface area contributed by atoms with E-state index in [4.69, 9.17) is 21.1 Å². The van der Waals surface area contributed by atoms with E-state index in [0.29, 0.717) is 24.3 Å². The molecule has 4 rings (SSSR count). The van der Waals surface area contributed by atoms with Gasteiger partial charge in [0.05, 0.1) is 35.6 Å². The Morgan fingerprint density at radius 2 is 1.94 bits per heavy atom. The van der Waals surface area contributed by atoms with Gasteiger partial charge in [0.2, 0.25) is 0 Å². The van der Waals surface area contributed by atoms with Crippen LogP contribution >= 0.6 is 11.6 Å². The fraction of sp³-hybridized carbons (Fsp3) is 0.417. The molecule has 32 heavy (non-hydrogen) atoms. The average molecular weight is 457 g/mol. The van der Waals surface area contributed by atoms with Crippen molar-refractivity contribution in [3.8, 4) is 5.75 Å². The number of nitrogens with zero attached hydrogens (tertiary/aromatic N) is 4. The summed E-state index contributed by atoms with van der Waals surface area (Å²) in [4.78, 5) is 16.9. The van der Waals surface area contributed by atoms with Gasteiger partial charge in [0.25, 0.3) is 0 Å². The number of hydrogen-bond acceptors (Lipinski definition) is 6. The number of unbranched alkanes of at least 4 members (excludes halogenated alkanes) is 1. The Morgan fingerprint density at radius 1 is 1.12 bits per heavy atom. The lowest BCUT2D eigenvalue weighted by Gasteiger charge is -2.36. The fourth-order valence-corrected chi connectivity index (χ4v) is 4.22. The molecule has 0 radical (unpaired) electrons. The second-order valence-electron chi connectivity index (χ2n) is 7.81. The highest BCUT2D eigenvalue weighted by molar-refractivity contribution is 6.33. The van der Waals surface area contributed by atoms with Gasteiger partial charge in [-0.25, -0.2) is 9.31 Å². The maximum atomic E-state index is 12.1. The van der Waals surface area contributed by atoms with E-state index in [-0.39, 0.29) is 5.97 Å². The van der Waals surface area contributed by atoms with E-state index in [2.05, 4.69) is 21.0 Å². The number of halogens is 1. The van der Waals surface area contributed by atoms with Crippen LogP contribution in [0.2, 0.25) is 5.02 Å². The van der Waals surface area contributed by atoms with Gasteiger partial charge in [-0.1, -0.05) is 23.7 Å². The van der Waals surface area contributed by atoms with Gasteiger partial charge in [-0.2, -0.15) is 5.10 Å². The topological polar surface area (TPSA) is 59.3 Å². The van der Waals surface area contributed by atoms with Gasteiger partial charge in [-0.05, 0) is 44.5 Å². The molecule has 1 saturated heterocycles. The van der Waals surface area contributed by atoms with E-state index < -0.39 is 0 Å². The van der Waals surface area contributed by atoms with E-state index in [1.165, 1.54) is 6.20 Å². The van der Waals surface area contributed by atoms with Crippen molar-refractivity contribution in [2.75, 3.05) is 50.8 Å². The summed E-state index contributed by atoms with van der Waals surface area (Å²) in [6, 6.07) is 11.8. The third-order valence-electron chi connectivity index (χ3n) is 5.69. The molecule has 2 aromatic heterocycles. The molecule has 0 saturated carbocycles. The summed E-state index contributed by atoms with van der Waals surface area (Å²) in [7, 11) is 0. The zero-order valence-electron chi connectivity index (χ0n) is 18.4. The summed E-state index contributed by atoms with van der Waals surface area (Å²) < 4.78 is 12.7. The van der Waals surface area contributed by atoms with Crippen molar-refractivity contribution in [3.63, 3.8) is 0 Å². The van der Waals surface area contributed by atoms with E-state index >= 15 is 0 Å². The molecular formula is C24H29ClN4O3. The Morgan fingerprint density at radius 3 is 2.72 bits per heavy atom. The number of hydrogen-bond donors (Lipinski definition) is 0. The highest BCUT2D eigenvalue weighted by atomic mass is 35.5. The molecule has 0 atom stereocenters. The van der Waals surface area contributed by atoms with Crippen molar-refractivity contribution in [2.24, 2.45) is 0 Å². The molecule has 3 heterocycles. The Bertz CT molecular complexity index is 1050. The van der Waals surface area contributed by atoms with Crippen molar-refractivity contribution in [3.05, 3.63) is 59.4 Å². The highest BCUT2D eigenvalue weighted by Gasteiger charge is 2.18. The number of piperazine rings is 1. The van der Waals surface area contributed by atoms with Crippen LogP contribution in [-0.2, 0) is 4.74 Å². The Kier molecular flexibility index (Phi) is 7.50. The van der Waals surface area contributed by atoms with Crippen molar-refractivity contribution < 1.29 is 14.3 Å². The number of carbonyl (C=O) groups excluding carboxylic acids is 1. The van der Waals surface area contributed by atoms with E-state index in [1.54, 1.807) is 17.6 Å². The molecule has 7 nitrogen and oxygen atoms in total. The predicted molar refractivity (Wildman–Crippen MR) is 126 cm³/mol. The third kappa shape index (κ3) is 5.34. The van der Waals surface area contributed by atoms with Crippen molar-refractivity contribution in [1.29, 1.82) is 0 Å². The van der Waals surface area contributed by atoms with Gasteiger partial charge in [-0.3, -0.25) is 4.90 Å². The molecule has 8 heteroatoms. The van der Waals surface area contributed by atoms with Gasteiger partial charge in [0, 0.05) is 38.4 Å². The molecular weight excluding hydrogens is 428 g/mol. The minimum atomic E-state index is -0.366. The number of pyridine rings is 1. The Hall–Kier alpha value is -2.77. The zero-order chi connectivity index (χ0) is 22.3. The normalized spacial score (nSPS) is 14.6. The van der Waals surface area contributed by atoms with Crippen LogP contribution in [0.3, 0.4) is 0 Å². The number of rotatable bonds is 9. The first kappa shape index (κ1) is 22.4. The van der Waals surface area contributed by atoms with Crippen LogP contribution in [0.25, 0.3) is 5.52 Å². The number of anilines is 1. The lowest BCUT2D eigenvalue weighted by molar-refractivity contribution is 0.0528. The second-order valence-corrected chi connectivity index (χ2v) is 8.21. The van der Waals surface area contributed by atoms with Crippen LogP contribution < -0.4 is 9.64 Å². The van der Waals surface area contributed by atoms with E-state index in [9.17, 15) is 4.79 Å². The average Bonchev–Trinajstić information content (AvgIpc) is 3.23. The summed E-state index contributed by atoms with van der Waals surface area (Å²) in [6.45, 7) is 7.90. The Balaban J connectivity index is 1.19. The van der Waals surface area contributed by atoms with Gasteiger partial charge in [-0.15, -0.1) is 0 Å². The largest absolute Gasteiger partial charge is 0.493 e. The van der Waals surface area contributed by atoms with Gasteiger partial charge in [0.15, 0.2) is 0 Å². The minimum absolute atomic E-state index is 0.335.